The van der Waals surface area contributed by atoms with Crippen molar-refractivity contribution in [3.63, 3.8) is 0 Å². The third kappa shape index (κ3) is 2.98. The molecule has 0 bridgehead atoms. The van der Waals surface area contributed by atoms with Gasteiger partial charge in [-0.2, -0.15) is 0 Å². The fraction of sp³-hybridized carbons (Fsp3) is 0.500. The number of primary amides is 1. The molecule has 1 aliphatic heterocycles. The molecule has 5 N–H and O–H groups in total. The number of fused-ring (bicyclic) bond motifs is 1. The minimum Gasteiger partial charge on any atom is -0.368 e. The maximum atomic E-state index is 12.6. The molecule has 2 fully saturated rings. The molecule has 0 aromatic heterocycles. The van der Waals surface area contributed by atoms with Crippen LogP contribution in [0.15, 0.2) is 30.3 Å². The lowest BCUT2D eigenvalue weighted by Crippen LogP contribution is -2.49. The van der Waals surface area contributed by atoms with Gasteiger partial charge in [0.15, 0.2) is 0 Å². The molecule has 2 aliphatic rings. The van der Waals surface area contributed by atoms with Gasteiger partial charge in [-0.3, -0.25) is 15.0 Å². The Balaban J connectivity index is 1.70. The second-order valence-electron chi connectivity index (χ2n) is 6.08. The van der Waals surface area contributed by atoms with E-state index in [9.17, 15) is 9.59 Å². The van der Waals surface area contributed by atoms with E-state index in [0.29, 0.717) is 11.6 Å². The van der Waals surface area contributed by atoms with E-state index in [0.717, 1.165) is 19.3 Å². The lowest BCUT2D eigenvalue weighted by molar-refractivity contribution is -0.129. The van der Waals surface area contributed by atoms with Crippen molar-refractivity contribution < 1.29 is 9.59 Å². The predicted molar refractivity (Wildman–Crippen MR) is 82.3 cm³/mol. The summed E-state index contributed by atoms with van der Waals surface area (Å²) in [5.74, 6) is -0.446. The number of nitrogens with two attached hydrogens (primary N) is 1. The maximum Gasteiger partial charge on any atom is 0.244 e. The highest BCUT2D eigenvalue weighted by atomic mass is 16.2. The molecule has 4 atom stereocenters. The number of hydrogen-bond donors (Lipinski definition) is 4. The van der Waals surface area contributed by atoms with E-state index in [1.807, 2.05) is 18.2 Å². The van der Waals surface area contributed by atoms with Crippen LogP contribution in [0.5, 0.6) is 0 Å². The maximum absolute atomic E-state index is 12.6. The van der Waals surface area contributed by atoms with Gasteiger partial charge in [-0.1, -0.05) is 43.2 Å². The van der Waals surface area contributed by atoms with E-state index in [4.69, 9.17) is 5.73 Å². The van der Waals surface area contributed by atoms with E-state index < -0.39 is 11.9 Å². The van der Waals surface area contributed by atoms with Crippen molar-refractivity contribution in [2.45, 2.75) is 43.8 Å². The topological polar surface area (TPSA) is 96.2 Å². The number of carbonyl (C=O) groups is 2. The van der Waals surface area contributed by atoms with E-state index in [1.165, 1.54) is 6.42 Å². The molecular formula is C16H22N4O2. The number of hydrogen-bond acceptors (Lipinski definition) is 4. The molecule has 1 heterocycles. The average Bonchev–Trinajstić information content (AvgIpc) is 2.97. The van der Waals surface area contributed by atoms with Gasteiger partial charge in [0.25, 0.3) is 0 Å². The number of nitrogens with one attached hydrogen (secondary N) is 3. The first-order valence-electron chi connectivity index (χ1n) is 7.82. The Bertz CT molecular complexity index is 548. The molecule has 0 radical (unpaired) electrons. The van der Waals surface area contributed by atoms with Gasteiger partial charge in [0.1, 0.15) is 12.1 Å². The fourth-order valence-corrected chi connectivity index (χ4v) is 3.50. The first-order chi connectivity index (χ1) is 10.7. The summed E-state index contributed by atoms with van der Waals surface area (Å²) in [6, 6.07) is 8.33. The van der Waals surface area contributed by atoms with Crippen molar-refractivity contribution in [2.24, 2.45) is 11.7 Å². The van der Waals surface area contributed by atoms with Gasteiger partial charge in [0, 0.05) is 12.0 Å². The standard InChI is InChI=1S/C16H22N4O2/c17-15(21)13(10-6-2-1-3-7-10)18-16(22)14-11-8-4-5-9-12(11)19-20-14/h1-3,6-7,11-14,19-20H,4-5,8-9H2,(H2,17,21)(H,18,22). The van der Waals surface area contributed by atoms with Crippen LogP contribution < -0.4 is 21.9 Å². The summed E-state index contributed by atoms with van der Waals surface area (Å²) in [6.07, 6.45) is 4.44. The average molecular weight is 302 g/mol. The molecule has 1 aromatic carbocycles. The molecule has 2 amide bonds. The quantitative estimate of drug-likeness (QED) is 0.646. The third-order valence-corrected chi connectivity index (χ3v) is 4.66. The van der Waals surface area contributed by atoms with Crippen LogP contribution in [-0.2, 0) is 9.59 Å². The van der Waals surface area contributed by atoms with Crippen molar-refractivity contribution in [3.05, 3.63) is 35.9 Å². The Morgan fingerprint density at radius 2 is 1.86 bits per heavy atom. The molecule has 1 aliphatic carbocycles. The molecule has 6 heteroatoms. The van der Waals surface area contributed by atoms with Gasteiger partial charge >= 0.3 is 0 Å². The molecule has 3 rings (SSSR count). The van der Waals surface area contributed by atoms with Crippen LogP contribution in [0.25, 0.3) is 0 Å². The van der Waals surface area contributed by atoms with E-state index in [2.05, 4.69) is 16.2 Å². The molecule has 4 unspecified atom stereocenters. The van der Waals surface area contributed by atoms with Crippen LogP contribution in [0, 0.1) is 5.92 Å². The molecule has 1 saturated heterocycles. The second-order valence-corrected chi connectivity index (χ2v) is 6.08. The highest BCUT2D eigenvalue weighted by Gasteiger charge is 2.41. The second kappa shape index (κ2) is 6.46. The molecule has 1 aromatic rings. The van der Waals surface area contributed by atoms with Crippen molar-refractivity contribution in [1.29, 1.82) is 0 Å². The van der Waals surface area contributed by atoms with Crippen molar-refractivity contribution in [1.82, 2.24) is 16.2 Å². The summed E-state index contributed by atoms with van der Waals surface area (Å²) in [7, 11) is 0. The van der Waals surface area contributed by atoms with Crippen LogP contribution >= 0.6 is 0 Å². The number of carbonyl (C=O) groups excluding carboxylic acids is 2. The van der Waals surface area contributed by atoms with Crippen LogP contribution in [0.2, 0.25) is 0 Å². The number of amides is 2. The van der Waals surface area contributed by atoms with Gasteiger partial charge in [0.2, 0.25) is 11.8 Å². The Hall–Kier alpha value is -1.92. The Morgan fingerprint density at radius 1 is 1.14 bits per heavy atom. The summed E-state index contributed by atoms with van der Waals surface area (Å²) in [4.78, 5) is 24.3. The number of hydrazine groups is 1. The van der Waals surface area contributed by atoms with E-state index in [-0.39, 0.29) is 17.9 Å². The predicted octanol–water partition coefficient (Wildman–Crippen LogP) is 0.364. The van der Waals surface area contributed by atoms with Gasteiger partial charge in [0.05, 0.1) is 0 Å². The lowest BCUT2D eigenvalue weighted by atomic mass is 9.81. The van der Waals surface area contributed by atoms with Crippen LogP contribution in [0.4, 0.5) is 0 Å². The third-order valence-electron chi connectivity index (χ3n) is 4.66. The largest absolute Gasteiger partial charge is 0.368 e. The van der Waals surface area contributed by atoms with Gasteiger partial charge in [-0.05, 0) is 18.4 Å². The van der Waals surface area contributed by atoms with Gasteiger partial charge in [-0.25, -0.2) is 5.43 Å². The smallest absolute Gasteiger partial charge is 0.244 e. The van der Waals surface area contributed by atoms with E-state index >= 15 is 0 Å². The zero-order valence-corrected chi connectivity index (χ0v) is 12.4. The number of rotatable bonds is 4. The van der Waals surface area contributed by atoms with Crippen LogP contribution in [0.1, 0.15) is 37.3 Å². The van der Waals surface area contributed by atoms with E-state index in [1.54, 1.807) is 12.1 Å². The minimum atomic E-state index is -0.793. The summed E-state index contributed by atoms with van der Waals surface area (Å²) >= 11 is 0. The van der Waals surface area contributed by atoms with Crippen molar-refractivity contribution in [3.8, 4) is 0 Å². The fourth-order valence-electron chi connectivity index (χ4n) is 3.50. The summed E-state index contributed by atoms with van der Waals surface area (Å²) in [5.41, 5.74) is 12.4. The summed E-state index contributed by atoms with van der Waals surface area (Å²) < 4.78 is 0. The Morgan fingerprint density at radius 3 is 2.59 bits per heavy atom. The zero-order valence-electron chi connectivity index (χ0n) is 12.4. The highest BCUT2D eigenvalue weighted by molar-refractivity contribution is 5.90. The van der Waals surface area contributed by atoms with Crippen molar-refractivity contribution >= 4 is 11.8 Å². The molecular weight excluding hydrogens is 280 g/mol. The van der Waals surface area contributed by atoms with Gasteiger partial charge in [-0.15, -0.1) is 0 Å². The first kappa shape index (κ1) is 15.0. The zero-order chi connectivity index (χ0) is 15.5. The molecule has 22 heavy (non-hydrogen) atoms. The molecule has 6 nitrogen and oxygen atoms in total. The first-order valence-corrected chi connectivity index (χ1v) is 7.82. The molecule has 1 saturated carbocycles. The highest BCUT2D eigenvalue weighted by Crippen LogP contribution is 2.30. The summed E-state index contributed by atoms with van der Waals surface area (Å²) in [6.45, 7) is 0. The normalized spacial score (nSPS) is 28.6. The van der Waals surface area contributed by atoms with Crippen molar-refractivity contribution in [2.75, 3.05) is 0 Å². The van der Waals surface area contributed by atoms with Crippen LogP contribution in [0.3, 0.4) is 0 Å². The Kier molecular flexibility index (Phi) is 4.40. The SMILES string of the molecule is NC(=O)C(NC(=O)C1NNC2CCCCC21)c1ccccc1. The summed E-state index contributed by atoms with van der Waals surface area (Å²) in [5, 5.41) is 2.79. The minimum absolute atomic E-state index is 0.172. The van der Waals surface area contributed by atoms with Gasteiger partial charge < -0.3 is 11.1 Å². The van der Waals surface area contributed by atoms with Crippen LogP contribution in [-0.4, -0.2) is 23.9 Å². The number of benzene rings is 1. The monoisotopic (exact) mass is 302 g/mol. The lowest BCUT2D eigenvalue weighted by Gasteiger charge is -2.27. The Labute approximate surface area is 129 Å². The molecule has 0 spiro atoms. The molecule has 118 valence electrons.